The highest BCUT2D eigenvalue weighted by Crippen LogP contribution is 2.36. The van der Waals surface area contributed by atoms with Gasteiger partial charge in [-0.1, -0.05) is 58.0 Å². The van der Waals surface area contributed by atoms with Crippen molar-refractivity contribution < 1.29 is 0 Å². The van der Waals surface area contributed by atoms with Gasteiger partial charge in [0.15, 0.2) is 0 Å². The highest BCUT2D eigenvalue weighted by atomic mass is 15.2. The van der Waals surface area contributed by atoms with E-state index in [2.05, 4.69) is 79.6 Å². The molecule has 5 rings (SSSR count). The van der Waals surface area contributed by atoms with Crippen molar-refractivity contribution in [2.45, 2.75) is 110 Å². The molecule has 1 saturated carbocycles. The molecule has 1 aromatic heterocycles. The number of fused-ring (bicyclic) bond motifs is 2. The molecular formula is C33H50N4. The Hall–Kier alpha value is -1.75. The lowest BCUT2D eigenvalue weighted by molar-refractivity contribution is 0.126. The predicted octanol–water partition coefficient (Wildman–Crippen LogP) is 6.45. The van der Waals surface area contributed by atoms with E-state index in [1.54, 1.807) is 0 Å². The Balaban J connectivity index is 1.24. The maximum atomic E-state index is 4.93. The summed E-state index contributed by atoms with van der Waals surface area (Å²) in [5, 5.41) is 7.83. The second-order valence-corrected chi connectivity index (χ2v) is 13.7. The zero-order valence-electron chi connectivity index (χ0n) is 23.9. The average molecular weight is 503 g/mol. The Morgan fingerprint density at radius 1 is 1.03 bits per heavy atom. The smallest absolute Gasteiger partial charge is 0.0607 e. The van der Waals surface area contributed by atoms with Crippen LogP contribution in [0.15, 0.2) is 42.6 Å². The van der Waals surface area contributed by atoms with Gasteiger partial charge < -0.3 is 10.6 Å². The third-order valence-electron chi connectivity index (χ3n) is 9.51. The quantitative estimate of drug-likeness (QED) is 0.413. The lowest BCUT2D eigenvalue weighted by Crippen LogP contribution is -2.47. The van der Waals surface area contributed by atoms with Crippen molar-refractivity contribution in [3.8, 4) is 0 Å². The van der Waals surface area contributed by atoms with Crippen LogP contribution in [-0.2, 0) is 19.4 Å². The number of aryl methyl sites for hydroxylation is 1. The molecule has 1 fully saturated rings. The summed E-state index contributed by atoms with van der Waals surface area (Å²) >= 11 is 0. The van der Waals surface area contributed by atoms with Gasteiger partial charge in [0.2, 0.25) is 0 Å². The highest BCUT2D eigenvalue weighted by Gasteiger charge is 2.32. The molecule has 0 bridgehead atoms. The fourth-order valence-electron chi connectivity index (χ4n) is 6.81. The molecule has 0 spiro atoms. The summed E-state index contributed by atoms with van der Waals surface area (Å²) in [5.74, 6) is 0. The first-order valence-corrected chi connectivity index (χ1v) is 15.0. The van der Waals surface area contributed by atoms with E-state index in [-0.39, 0.29) is 5.41 Å². The second kappa shape index (κ2) is 11.6. The van der Waals surface area contributed by atoms with Gasteiger partial charge in [0, 0.05) is 37.9 Å². The third-order valence-corrected chi connectivity index (χ3v) is 9.51. The molecule has 2 atom stereocenters. The monoisotopic (exact) mass is 502 g/mol. The van der Waals surface area contributed by atoms with Crippen molar-refractivity contribution in [1.82, 2.24) is 20.5 Å². The zero-order chi connectivity index (χ0) is 25.9. The molecule has 1 aromatic carbocycles. The molecule has 2 N–H and O–H groups in total. The number of benzene rings is 1. The van der Waals surface area contributed by atoms with Gasteiger partial charge in [-0.05, 0) is 97.9 Å². The summed E-state index contributed by atoms with van der Waals surface area (Å²) in [4.78, 5) is 7.72. The predicted molar refractivity (Wildman–Crippen MR) is 155 cm³/mol. The second-order valence-electron chi connectivity index (χ2n) is 13.7. The molecule has 2 aromatic rings. The Labute approximate surface area is 226 Å². The standard InChI is InChI=1S/C33H50N4/c1-32(2)16-14-28(15-17-32)36-24-33(3,4)18-20-37(30-13-7-11-25-12-8-19-34-31(25)30)23-29-21-26-9-5-6-10-27(26)22-35-29/h5-6,8-10,12,19,28-30,35-36H,7,11,13-18,20-24H2,1-4H3/t29-,30+/m1/s1. The van der Waals surface area contributed by atoms with Gasteiger partial charge >= 0.3 is 0 Å². The van der Waals surface area contributed by atoms with Crippen LogP contribution in [0, 0.1) is 10.8 Å². The van der Waals surface area contributed by atoms with E-state index in [1.807, 2.05) is 6.20 Å². The van der Waals surface area contributed by atoms with Gasteiger partial charge in [0.25, 0.3) is 0 Å². The number of hydrogen-bond donors (Lipinski definition) is 2. The number of rotatable bonds is 9. The molecule has 0 saturated heterocycles. The minimum absolute atomic E-state index is 0.277. The van der Waals surface area contributed by atoms with Crippen LogP contribution < -0.4 is 10.6 Å². The number of nitrogens with zero attached hydrogens (tertiary/aromatic N) is 2. The first-order chi connectivity index (χ1) is 17.8. The van der Waals surface area contributed by atoms with Gasteiger partial charge in [-0.25, -0.2) is 0 Å². The van der Waals surface area contributed by atoms with Crippen LogP contribution in [0.25, 0.3) is 0 Å². The highest BCUT2D eigenvalue weighted by molar-refractivity contribution is 5.30. The van der Waals surface area contributed by atoms with Crippen molar-refractivity contribution in [2.75, 3.05) is 19.6 Å². The van der Waals surface area contributed by atoms with Crippen molar-refractivity contribution in [3.63, 3.8) is 0 Å². The van der Waals surface area contributed by atoms with E-state index in [1.165, 1.54) is 73.8 Å². The summed E-state index contributed by atoms with van der Waals surface area (Å²) < 4.78 is 0. The summed E-state index contributed by atoms with van der Waals surface area (Å²) in [6.45, 7) is 14.1. The van der Waals surface area contributed by atoms with E-state index in [9.17, 15) is 0 Å². The van der Waals surface area contributed by atoms with Gasteiger partial charge in [-0.15, -0.1) is 0 Å². The number of hydrogen-bond acceptors (Lipinski definition) is 4. The molecule has 4 heteroatoms. The van der Waals surface area contributed by atoms with Crippen molar-refractivity contribution >= 4 is 0 Å². The van der Waals surface area contributed by atoms with E-state index in [4.69, 9.17) is 4.98 Å². The van der Waals surface area contributed by atoms with Crippen LogP contribution in [0.1, 0.15) is 101 Å². The fourth-order valence-corrected chi connectivity index (χ4v) is 6.81. The van der Waals surface area contributed by atoms with Crippen LogP contribution in [-0.4, -0.2) is 41.6 Å². The van der Waals surface area contributed by atoms with Crippen LogP contribution >= 0.6 is 0 Å². The minimum Gasteiger partial charge on any atom is -0.313 e. The van der Waals surface area contributed by atoms with Crippen LogP contribution in [0.5, 0.6) is 0 Å². The molecule has 0 unspecified atom stereocenters. The number of pyridine rings is 1. The normalized spacial score (nSPS) is 24.0. The number of nitrogens with one attached hydrogen (secondary N) is 2. The van der Waals surface area contributed by atoms with Crippen molar-refractivity contribution in [2.24, 2.45) is 10.8 Å². The molecule has 2 aliphatic carbocycles. The molecule has 202 valence electrons. The lowest BCUT2D eigenvalue weighted by atomic mass is 9.75. The summed E-state index contributed by atoms with van der Waals surface area (Å²) in [5.41, 5.74) is 6.60. The van der Waals surface area contributed by atoms with E-state index < -0.39 is 0 Å². The van der Waals surface area contributed by atoms with Crippen molar-refractivity contribution in [3.05, 3.63) is 65.0 Å². The molecule has 1 aliphatic heterocycles. The topological polar surface area (TPSA) is 40.2 Å². The van der Waals surface area contributed by atoms with E-state index in [0.717, 1.165) is 32.6 Å². The summed E-state index contributed by atoms with van der Waals surface area (Å²) in [7, 11) is 0. The Morgan fingerprint density at radius 2 is 1.78 bits per heavy atom. The Kier molecular flexibility index (Phi) is 8.38. The molecule has 2 heterocycles. The fraction of sp³-hybridized carbons (Fsp3) is 0.667. The average Bonchev–Trinajstić information content (AvgIpc) is 2.90. The van der Waals surface area contributed by atoms with E-state index >= 15 is 0 Å². The van der Waals surface area contributed by atoms with Crippen molar-refractivity contribution in [1.29, 1.82) is 0 Å². The van der Waals surface area contributed by atoms with Gasteiger partial charge in [-0.2, -0.15) is 0 Å². The first kappa shape index (κ1) is 26.8. The molecule has 0 amide bonds. The molecule has 3 aliphatic rings. The number of aromatic nitrogens is 1. The summed E-state index contributed by atoms with van der Waals surface area (Å²) in [6.07, 6.45) is 13.4. The maximum absolute atomic E-state index is 4.93. The Bertz CT molecular complexity index is 1020. The summed E-state index contributed by atoms with van der Waals surface area (Å²) in [6, 6.07) is 15.0. The van der Waals surface area contributed by atoms with Crippen LogP contribution in [0.2, 0.25) is 0 Å². The van der Waals surface area contributed by atoms with Gasteiger partial charge in [0.1, 0.15) is 0 Å². The van der Waals surface area contributed by atoms with Crippen LogP contribution in [0.3, 0.4) is 0 Å². The van der Waals surface area contributed by atoms with E-state index in [0.29, 0.717) is 23.5 Å². The van der Waals surface area contributed by atoms with Gasteiger partial charge in [-0.3, -0.25) is 9.88 Å². The van der Waals surface area contributed by atoms with Gasteiger partial charge in [0.05, 0.1) is 11.7 Å². The molecule has 37 heavy (non-hydrogen) atoms. The van der Waals surface area contributed by atoms with Crippen LogP contribution in [0.4, 0.5) is 0 Å². The molecule has 0 radical (unpaired) electrons. The maximum Gasteiger partial charge on any atom is 0.0607 e. The zero-order valence-corrected chi connectivity index (χ0v) is 23.9. The lowest BCUT2D eigenvalue weighted by Gasteiger charge is -2.40. The SMILES string of the molecule is CC1(C)CCC(NCC(C)(C)CCN(C[C@H]2Cc3ccccc3CN2)[C@H]2CCCc3cccnc32)CC1. The Morgan fingerprint density at radius 3 is 2.59 bits per heavy atom. The minimum atomic E-state index is 0.277. The first-order valence-electron chi connectivity index (χ1n) is 15.0. The molecular weight excluding hydrogens is 452 g/mol. The molecule has 4 nitrogen and oxygen atoms in total. The largest absolute Gasteiger partial charge is 0.313 e. The third kappa shape index (κ3) is 7.02.